The van der Waals surface area contributed by atoms with E-state index in [1.165, 1.54) is 71.5 Å². The third-order valence-corrected chi connectivity index (χ3v) is 13.3. The van der Waals surface area contributed by atoms with Gasteiger partial charge in [0.15, 0.2) is 0 Å². The first kappa shape index (κ1) is 38.9. The van der Waals surface area contributed by atoms with E-state index in [2.05, 4.69) is 260 Å². The van der Waals surface area contributed by atoms with Crippen LogP contribution in [-0.2, 0) is 11.8 Å². The molecule has 1 heterocycles. The second-order valence-electron chi connectivity index (χ2n) is 17.4. The van der Waals surface area contributed by atoms with Gasteiger partial charge in [-0.25, -0.2) is 0 Å². The van der Waals surface area contributed by atoms with E-state index in [1.54, 1.807) is 0 Å². The van der Waals surface area contributed by atoms with Crippen LogP contribution >= 0.6 is 0 Å². The summed E-state index contributed by atoms with van der Waals surface area (Å²) in [6.45, 7) is 9.12. The fraction of sp³-hybridized carbons (Fsp3) is 0.0645. The number of fused-ring (bicyclic) bond motifs is 5. The molecular formula is C62H48N2. The Labute approximate surface area is 376 Å². The Balaban J connectivity index is 0.997. The molecule has 2 nitrogen and oxygen atoms in total. The summed E-state index contributed by atoms with van der Waals surface area (Å²) in [5, 5.41) is 4.90. The lowest BCUT2D eigenvalue weighted by molar-refractivity contribution is 0.635. The molecule has 1 aliphatic carbocycles. The second-order valence-corrected chi connectivity index (χ2v) is 17.4. The molecule has 2 heteroatoms. The average Bonchev–Trinajstić information content (AvgIpc) is 3.70. The van der Waals surface area contributed by atoms with Crippen molar-refractivity contribution >= 4 is 49.6 Å². The zero-order chi connectivity index (χ0) is 43.2. The summed E-state index contributed by atoms with van der Waals surface area (Å²) < 4.78 is 2.39. The van der Waals surface area contributed by atoms with E-state index < -0.39 is 0 Å². The number of para-hydroxylation sites is 1. The molecule has 0 N–H and O–H groups in total. The van der Waals surface area contributed by atoms with Crippen molar-refractivity contribution in [2.24, 2.45) is 0 Å². The molecule has 0 fully saturated rings. The number of hydrogen-bond donors (Lipinski definition) is 0. The number of nitrogens with zero attached hydrogens (tertiary/aromatic N) is 2. The molecule has 9 aromatic carbocycles. The third kappa shape index (κ3) is 6.94. The fourth-order valence-corrected chi connectivity index (χ4v) is 9.69. The Kier molecular flexibility index (Phi) is 9.78. The molecule has 64 heavy (non-hydrogen) atoms. The molecule has 306 valence electrons. The second kappa shape index (κ2) is 16.1. The Hall–Kier alpha value is -7.94. The summed E-state index contributed by atoms with van der Waals surface area (Å²) in [7, 11) is 0. The van der Waals surface area contributed by atoms with Crippen molar-refractivity contribution in [3.05, 3.63) is 254 Å². The van der Waals surface area contributed by atoms with Crippen LogP contribution in [0.1, 0.15) is 25.0 Å². The maximum atomic E-state index is 4.53. The SMILES string of the molecule is C=C1/C=C\C=C/Cc2ccc(N(c3cccc(-c4cccc(-c5ccc6c(c5)c5ccccc5n6-c5ccc(-c6ccccc6)cc5)c4)c3)c3cccc4ccccc34)cc2C1(C)C. The topological polar surface area (TPSA) is 8.17 Å². The van der Waals surface area contributed by atoms with Crippen molar-refractivity contribution in [2.75, 3.05) is 4.90 Å². The van der Waals surface area contributed by atoms with Crippen molar-refractivity contribution < 1.29 is 0 Å². The van der Waals surface area contributed by atoms with Crippen molar-refractivity contribution in [1.29, 1.82) is 0 Å². The van der Waals surface area contributed by atoms with Gasteiger partial charge in [-0.15, -0.1) is 0 Å². The lowest BCUT2D eigenvalue weighted by Crippen LogP contribution is -2.22. The van der Waals surface area contributed by atoms with Gasteiger partial charge in [-0.05, 0) is 129 Å². The van der Waals surface area contributed by atoms with E-state index >= 15 is 0 Å². The summed E-state index contributed by atoms with van der Waals surface area (Å²) >= 11 is 0. The smallest absolute Gasteiger partial charge is 0.0541 e. The molecule has 10 aromatic rings. The Morgan fingerprint density at radius 1 is 0.469 bits per heavy atom. The van der Waals surface area contributed by atoms with Gasteiger partial charge in [0.25, 0.3) is 0 Å². The number of allylic oxidation sites excluding steroid dienone is 5. The zero-order valence-electron chi connectivity index (χ0n) is 36.2. The van der Waals surface area contributed by atoms with Gasteiger partial charge in [0.1, 0.15) is 0 Å². The van der Waals surface area contributed by atoms with Gasteiger partial charge in [0.05, 0.1) is 16.7 Å². The molecule has 1 aliphatic rings. The predicted octanol–water partition coefficient (Wildman–Crippen LogP) is 16.9. The van der Waals surface area contributed by atoms with Crippen molar-refractivity contribution in [3.63, 3.8) is 0 Å². The molecule has 0 unspecified atom stereocenters. The highest BCUT2D eigenvalue weighted by Gasteiger charge is 2.28. The van der Waals surface area contributed by atoms with Crippen LogP contribution in [0, 0.1) is 0 Å². The lowest BCUT2D eigenvalue weighted by Gasteiger charge is -2.32. The van der Waals surface area contributed by atoms with E-state index in [4.69, 9.17) is 0 Å². The highest BCUT2D eigenvalue weighted by molar-refractivity contribution is 6.10. The monoisotopic (exact) mass is 820 g/mol. The van der Waals surface area contributed by atoms with Gasteiger partial charge < -0.3 is 9.47 Å². The lowest BCUT2D eigenvalue weighted by atomic mass is 9.75. The summed E-state index contributed by atoms with van der Waals surface area (Å²) in [5.41, 5.74) is 17.5. The van der Waals surface area contributed by atoms with E-state index in [-0.39, 0.29) is 5.41 Å². The summed E-state index contributed by atoms with van der Waals surface area (Å²) in [6.07, 6.45) is 9.52. The Bertz CT molecular complexity index is 3450. The molecule has 0 aliphatic heterocycles. The molecular weight excluding hydrogens is 773 g/mol. The van der Waals surface area contributed by atoms with Crippen molar-refractivity contribution in [2.45, 2.75) is 25.7 Å². The van der Waals surface area contributed by atoms with E-state index in [9.17, 15) is 0 Å². The van der Waals surface area contributed by atoms with Gasteiger partial charge in [-0.1, -0.05) is 184 Å². The fourth-order valence-electron chi connectivity index (χ4n) is 9.69. The zero-order valence-corrected chi connectivity index (χ0v) is 36.2. The highest BCUT2D eigenvalue weighted by atomic mass is 15.1. The normalized spacial score (nSPS) is 14.4. The van der Waals surface area contributed by atoms with E-state index in [0.29, 0.717) is 0 Å². The van der Waals surface area contributed by atoms with Crippen LogP contribution in [0.4, 0.5) is 17.1 Å². The minimum Gasteiger partial charge on any atom is -0.310 e. The molecule has 0 saturated carbocycles. The van der Waals surface area contributed by atoms with Crippen LogP contribution in [0.2, 0.25) is 0 Å². The number of aromatic nitrogens is 1. The van der Waals surface area contributed by atoms with Crippen molar-refractivity contribution in [1.82, 2.24) is 4.57 Å². The van der Waals surface area contributed by atoms with Gasteiger partial charge in [-0.2, -0.15) is 0 Å². The molecule has 0 radical (unpaired) electrons. The molecule has 0 bridgehead atoms. The average molecular weight is 821 g/mol. The molecule has 1 aromatic heterocycles. The number of hydrogen-bond acceptors (Lipinski definition) is 1. The van der Waals surface area contributed by atoms with Crippen LogP contribution in [0.5, 0.6) is 0 Å². The maximum Gasteiger partial charge on any atom is 0.0541 e. The van der Waals surface area contributed by atoms with E-state index in [0.717, 1.165) is 40.3 Å². The van der Waals surface area contributed by atoms with Gasteiger partial charge >= 0.3 is 0 Å². The van der Waals surface area contributed by atoms with Crippen LogP contribution in [0.3, 0.4) is 0 Å². The van der Waals surface area contributed by atoms with Crippen molar-refractivity contribution in [3.8, 4) is 39.1 Å². The van der Waals surface area contributed by atoms with Gasteiger partial charge in [0.2, 0.25) is 0 Å². The summed E-state index contributed by atoms with van der Waals surface area (Å²) in [4.78, 5) is 2.44. The van der Waals surface area contributed by atoms with Crippen LogP contribution in [-0.4, -0.2) is 4.57 Å². The summed E-state index contributed by atoms with van der Waals surface area (Å²) in [6, 6.07) is 75.6. The first-order valence-electron chi connectivity index (χ1n) is 22.2. The molecule has 0 saturated heterocycles. The quantitative estimate of drug-likeness (QED) is 0.155. The summed E-state index contributed by atoms with van der Waals surface area (Å²) in [5.74, 6) is 0. The predicted molar refractivity (Wildman–Crippen MR) is 273 cm³/mol. The largest absolute Gasteiger partial charge is 0.310 e. The van der Waals surface area contributed by atoms with Crippen LogP contribution in [0.15, 0.2) is 243 Å². The number of anilines is 3. The molecule has 0 spiro atoms. The maximum absolute atomic E-state index is 4.53. The first-order chi connectivity index (χ1) is 31.4. The molecule has 0 atom stereocenters. The molecule has 0 amide bonds. The van der Waals surface area contributed by atoms with Crippen LogP contribution < -0.4 is 4.90 Å². The van der Waals surface area contributed by atoms with Crippen LogP contribution in [0.25, 0.3) is 71.6 Å². The minimum absolute atomic E-state index is 0.257. The standard InChI is InChI=1S/C62H48N2/c1-43-17-6-4-9-21-47-33-37-54(42-58(47)62(43,2)3)63(59-30-16-22-46-20-10-11-27-55(46)59)53-26-15-25-50(40-53)48-23-14-24-49(39-48)51-34-38-61-57(41-51)56-28-12-13-29-60(56)64(61)52-35-31-45(32-36-52)44-18-7-5-8-19-44/h4-20,22-42H,1,21H2,2-3H3/b9-4-,17-6-. The number of rotatable bonds is 7. The Morgan fingerprint density at radius 3 is 1.91 bits per heavy atom. The highest BCUT2D eigenvalue weighted by Crippen LogP contribution is 2.44. The first-order valence-corrected chi connectivity index (χ1v) is 22.2. The van der Waals surface area contributed by atoms with Gasteiger partial charge in [0, 0.05) is 38.6 Å². The number of benzene rings is 9. The molecule has 11 rings (SSSR count). The third-order valence-electron chi connectivity index (χ3n) is 13.3. The minimum atomic E-state index is -0.257. The Morgan fingerprint density at radius 2 is 1.08 bits per heavy atom. The van der Waals surface area contributed by atoms with Gasteiger partial charge in [-0.3, -0.25) is 0 Å². The van der Waals surface area contributed by atoms with E-state index in [1.807, 2.05) is 0 Å².